The van der Waals surface area contributed by atoms with Gasteiger partial charge in [-0.25, -0.2) is 0 Å². The molecule has 0 atom stereocenters. The summed E-state index contributed by atoms with van der Waals surface area (Å²) in [4.78, 5) is 0. The molecule has 0 aliphatic rings. The van der Waals surface area contributed by atoms with Gasteiger partial charge in [-0.3, -0.25) is 0 Å². The van der Waals surface area contributed by atoms with Crippen LogP contribution in [0.2, 0.25) is 0 Å². The Morgan fingerprint density at radius 3 is 2.17 bits per heavy atom. The molecule has 0 aromatic heterocycles. The summed E-state index contributed by atoms with van der Waals surface area (Å²) in [6, 6.07) is 0. The molecule has 0 fully saturated rings. The molecule has 2 N–H and O–H groups in total. The van der Waals surface area contributed by atoms with Crippen molar-refractivity contribution < 1.29 is 0 Å². The van der Waals surface area contributed by atoms with Crippen LogP contribution in [0.3, 0.4) is 0 Å². The third-order valence-corrected chi connectivity index (χ3v) is 2.11. The summed E-state index contributed by atoms with van der Waals surface area (Å²) in [5.74, 6) is 0.582. The first-order valence-electron chi connectivity index (χ1n) is 4.26. The minimum absolute atomic E-state index is 0.582. The number of hydrogen-bond acceptors (Lipinski definition) is 1. The Morgan fingerprint density at radius 2 is 1.83 bits per heavy atom. The molecule has 0 radical (unpaired) electrons. The third kappa shape index (κ3) is 3.42. The molecule has 0 unspecified atom stereocenters. The van der Waals surface area contributed by atoms with Crippen LogP contribution in [0.4, 0.5) is 0 Å². The van der Waals surface area contributed by atoms with Crippen LogP contribution >= 0.6 is 0 Å². The van der Waals surface area contributed by atoms with E-state index >= 15 is 0 Å². The number of hydrogen-bond donors (Lipinski definition) is 1. The van der Waals surface area contributed by atoms with Gasteiger partial charge in [-0.05, 0) is 37.5 Å². The van der Waals surface area contributed by atoms with Crippen molar-refractivity contribution in [3.63, 3.8) is 0 Å². The molecule has 1 nitrogen and oxygen atoms in total. The molecule has 12 heavy (non-hydrogen) atoms. The summed E-state index contributed by atoms with van der Waals surface area (Å²) in [7, 11) is 0. The molecular formula is C11H19N. The fraction of sp³-hybridized carbons (Fsp3) is 0.455. The Hall–Kier alpha value is -0.980. The second kappa shape index (κ2) is 4.81. The van der Waals surface area contributed by atoms with Crippen molar-refractivity contribution in [3.05, 3.63) is 35.6 Å². The van der Waals surface area contributed by atoms with Crippen molar-refractivity contribution >= 4 is 0 Å². The fourth-order valence-corrected chi connectivity index (χ4v) is 0.878. The topological polar surface area (TPSA) is 26.0 Å². The Labute approximate surface area is 75.7 Å². The van der Waals surface area contributed by atoms with Crippen LogP contribution in [0.15, 0.2) is 35.6 Å². The molecule has 0 bridgehead atoms. The van der Waals surface area contributed by atoms with E-state index in [9.17, 15) is 0 Å². The zero-order valence-electron chi connectivity index (χ0n) is 8.52. The molecule has 0 saturated carbocycles. The van der Waals surface area contributed by atoms with Gasteiger partial charge in [0.2, 0.25) is 0 Å². The lowest BCUT2D eigenvalue weighted by Gasteiger charge is -2.07. The Bertz CT molecular complexity index is 219. The van der Waals surface area contributed by atoms with E-state index in [-0.39, 0.29) is 0 Å². The van der Waals surface area contributed by atoms with Crippen LogP contribution in [0.5, 0.6) is 0 Å². The average Bonchev–Trinajstić information content (AvgIpc) is 2.02. The highest BCUT2D eigenvalue weighted by atomic mass is 14.5. The van der Waals surface area contributed by atoms with Crippen LogP contribution < -0.4 is 5.73 Å². The highest BCUT2D eigenvalue weighted by molar-refractivity contribution is 5.29. The third-order valence-electron chi connectivity index (χ3n) is 2.11. The van der Waals surface area contributed by atoms with Gasteiger partial charge in [0.15, 0.2) is 0 Å². The van der Waals surface area contributed by atoms with E-state index in [2.05, 4.69) is 34.3 Å². The van der Waals surface area contributed by atoms with Gasteiger partial charge in [-0.15, -0.1) is 0 Å². The van der Waals surface area contributed by atoms with Crippen molar-refractivity contribution in [2.75, 3.05) is 0 Å². The van der Waals surface area contributed by atoms with Crippen LogP contribution in [-0.4, -0.2) is 0 Å². The molecule has 1 heteroatoms. The highest BCUT2D eigenvalue weighted by Crippen LogP contribution is 2.15. The van der Waals surface area contributed by atoms with Gasteiger partial charge in [-0.1, -0.05) is 26.0 Å². The van der Waals surface area contributed by atoms with Gasteiger partial charge < -0.3 is 5.73 Å². The van der Waals surface area contributed by atoms with Gasteiger partial charge >= 0.3 is 0 Å². The summed E-state index contributed by atoms with van der Waals surface area (Å²) >= 11 is 0. The van der Waals surface area contributed by atoms with Crippen molar-refractivity contribution in [1.82, 2.24) is 0 Å². The quantitative estimate of drug-likeness (QED) is 0.639. The minimum atomic E-state index is 0.582. The van der Waals surface area contributed by atoms with Crippen molar-refractivity contribution in [3.8, 4) is 0 Å². The van der Waals surface area contributed by atoms with Crippen LogP contribution in [0.1, 0.15) is 27.7 Å². The molecule has 0 rings (SSSR count). The smallest absolute Gasteiger partial charge is 0.0310 e. The van der Waals surface area contributed by atoms with Gasteiger partial charge in [0.1, 0.15) is 0 Å². The summed E-state index contributed by atoms with van der Waals surface area (Å²) in [6.07, 6.45) is 3.62. The molecule has 68 valence electrons. The first-order valence-corrected chi connectivity index (χ1v) is 4.26. The zero-order valence-corrected chi connectivity index (χ0v) is 8.52. The van der Waals surface area contributed by atoms with Crippen LogP contribution in [0, 0.1) is 5.92 Å². The fourth-order valence-electron chi connectivity index (χ4n) is 0.878. The SMILES string of the molecule is C=C/C(N)=C\C(C)=C(/C)C(C)C. The summed E-state index contributed by atoms with van der Waals surface area (Å²) in [5, 5.41) is 0. The maximum Gasteiger partial charge on any atom is 0.0310 e. The van der Waals surface area contributed by atoms with Crippen LogP contribution in [0.25, 0.3) is 0 Å². The summed E-state index contributed by atoms with van der Waals surface area (Å²) in [6.45, 7) is 12.2. The summed E-state index contributed by atoms with van der Waals surface area (Å²) < 4.78 is 0. The predicted molar refractivity (Wildman–Crippen MR) is 55.7 cm³/mol. The van der Waals surface area contributed by atoms with Crippen LogP contribution in [-0.2, 0) is 0 Å². The van der Waals surface area contributed by atoms with E-state index in [0.29, 0.717) is 5.92 Å². The lowest BCUT2D eigenvalue weighted by atomic mass is 9.99. The normalized spacial score (nSPS) is 14.6. The van der Waals surface area contributed by atoms with E-state index < -0.39 is 0 Å². The average molecular weight is 165 g/mol. The largest absolute Gasteiger partial charge is 0.399 e. The molecule has 0 amide bonds. The number of nitrogens with two attached hydrogens (primary N) is 1. The zero-order chi connectivity index (χ0) is 9.72. The van der Waals surface area contributed by atoms with E-state index in [1.165, 1.54) is 11.1 Å². The number of rotatable bonds is 3. The van der Waals surface area contributed by atoms with Gasteiger partial charge in [0.05, 0.1) is 0 Å². The molecule has 0 aliphatic heterocycles. The maximum atomic E-state index is 5.62. The maximum absolute atomic E-state index is 5.62. The first-order chi connectivity index (χ1) is 5.49. The van der Waals surface area contributed by atoms with Crippen molar-refractivity contribution in [2.24, 2.45) is 11.7 Å². The Kier molecular flexibility index (Phi) is 4.42. The molecule has 0 aromatic carbocycles. The number of allylic oxidation sites excluding steroid dienone is 4. The second-order valence-electron chi connectivity index (χ2n) is 3.37. The molecular weight excluding hydrogens is 146 g/mol. The van der Waals surface area contributed by atoms with Gasteiger partial charge in [-0.2, -0.15) is 0 Å². The standard InChI is InChI=1S/C11H19N/c1-6-11(12)7-9(4)10(5)8(2)3/h6-8H,1,12H2,2-5H3/b10-9+,11-7+. The van der Waals surface area contributed by atoms with Gasteiger partial charge in [0, 0.05) is 5.70 Å². The van der Waals surface area contributed by atoms with Crippen molar-refractivity contribution in [2.45, 2.75) is 27.7 Å². The molecule has 0 aliphatic carbocycles. The van der Waals surface area contributed by atoms with Gasteiger partial charge in [0.25, 0.3) is 0 Å². The Morgan fingerprint density at radius 1 is 1.33 bits per heavy atom. The van der Waals surface area contributed by atoms with Crippen molar-refractivity contribution in [1.29, 1.82) is 0 Å². The summed E-state index contributed by atoms with van der Waals surface area (Å²) in [5.41, 5.74) is 8.96. The van der Waals surface area contributed by atoms with E-state index in [1.54, 1.807) is 6.08 Å². The van der Waals surface area contributed by atoms with E-state index in [1.807, 2.05) is 6.08 Å². The monoisotopic (exact) mass is 165 g/mol. The molecule has 0 aromatic rings. The highest BCUT2D eigenvalue weighted by Gasteiger charge is 1.99. The van der Waals surface area contributed by atoms with E-state index in [0.717, 1.165) is 5.70 Å². The molecule has 0 heterocycles. The lowest BCUT2D eigenvalue weighted by Crippen LogP contribution is -1.96. The first kappa shape index (κ1) is 11.0. The van der Waals surface area contributed by atoms with E-state index in [4.69, 9.17) is 5.73 Å². The Balaban J connectivity index is 4.68. The lowest BCUT2D eigenvalue weighted by molar-refractivity contribution is 0.760. The minimum Gasteiger partial charge on any atom is -0.399 e. The molecule has 0 saturated heterocycles. The molecule has 0 spiro atoms. The second-order valence-corrected chi connectivity index (χ2v) is 3.37. The predicted octanol–water partition coefficient (Wildman–Crippen LogP) is 3.01.